The molecule has 0 saturated carbocycles. The smallest absolute Gasteiger partial charge is 0.265 e. The van der Waals surface area contributed by atoms with Crippen molar-refractivity contribution in [3.63, 3.8) is 0 Å². The monoisotopic (exact) mass is 671 g/mol. The summed E-state index contributed by atoms with van der Waals surface area (Å²) in [5.74, 6) is 0.480. The summed E-state index contributed by atoms with van der Waals surface area (Å²) in [6.07, 6.45) is 20.5. The molecule has 0 aliphatic rings. The molecule has 6 heteroatoms. The third-order valence-corrected chi connectivity index (χ3v) is 9.31. The average Bonchev–Trinajstić information content (AvgIpc) is 3.11. The third-order valence-electron chi connectivity index (χ3n) is 9.31. The maximum Gasteiger partial charge on any atom is 0.265 e. The molecule has 0 bridgehead atoms. The number of methoxy groups -OCH3 is 1. The molecule has 1 heterocycles. The Morgan fingerprint density at radius 3 is 1.88 bits per heavy atom. The zero-order valence-electron chi connectivity index (χ0n) is 31.4. The average molecular weight is 672 g/mol. The van der Waals surface area contributed by atoms with E-state index in [4.69, 9.17) is 9.47 Å². The second kappa shape index (κ2) is 21.4. The first kappa shape index (κ1) is 39.8. The van der Waals surface area contributed by atoms with Crippen LogP contribution in [0.4, 0.5) is 0 Å². The van der Waals surface area contributed by atoms with Crippen LogP contribution in [0.5, 0.6) is 11.5 Å². The number of hydrogen-bond donors (Lipinski definition) is 0. The van der Waals surface area contributed by atoms with Crippen molar-refractivity contribution in [1.82, 2.24) is 4.90 Å². The summed E-state index contributed by atoms with van der Waals surface area (Å²) in [6, 6.07) is 18.5. The number of carbonyl (C=O) groups is 2. The predicted molar refractivity (Wildman–Crippen MR) is 200 cm³/mol. The van der Waals surface area contributed by atoms with Crippen LogP contribution in [0.2, 0.25) is 0 Å². The number of imide groups is 1. The summed E-state index contributed by atoms with van der Waals surface area (Å²) < 4.78 is 13.9. The Balaban J connectivity index is 1.62. The Morgan fingerprint density at radius 2 is 1.29 bits per heavy atom. The van der Waals surface area contributed by atoms with Gasteiger partial charge in [-0.1, -0.05) is 129 Å². The van der Waals surface area contributed by atoms with Gasteiger partial charge in [0.25, 0.3) is 11.8 Å². The SMILES string of the molecule is CCCCCCCCCCCCCCCCOc1ccc(C(=O)N(Cc2cccc[n+]2CC)C(=O)c2ccccc2OC)cc1C(C)(C)C. The number of pyridine rings is 1. The molecule has 0 N–H and O–H groups in total. The molecule has 0 aliphatic carbocycles. The summed E-state index contributed by atoms with van der Waals surface area (Å²) in [6.45, 7) is 12.2. The molecule has 0 unspecified atom stereocenters. The van der Waals surface area contributed by atoms with Gasteiger partial charge in [0, 0.05) is 23.3 Å². The Bertz CT molecular complexity index is 1430. The van der Waals surface area contributed by atoms with Gasteiger partial charge in [-0.05, 0) is 49.1 Å². The van der Waals surface area contributed by atoms with Gasteiger partial charge in [-0.3, -0.25) is 14.5 Å². The standard InChI is InChI=1S/C43H63N2O4/c1-7-9-10-11-12-13-14-15-16-17-18-19-20-25-32-49-40-30-29-35(33-38(40)43(3,4)5)41(46)45(34-36-26-23-24-31-44(36)8-2)42(47)37-27-21-22-28-39(37)48-6/h21-24,26-31,33H,7-20,25,32,34H2,1-6H3/q+1. The van der Waals surface area contributed by atoms with E-state index in [0.717, 1.165) is 36.4 Å². The maximum absolute atomic E-state index is 14.3. The van der Waals surface area contributed by atoms with Crippen molar-refractivity contribution >= 4 is 11.8 Å². The van der Waals surface area contributed by atoms with Crippen molar-refractivity contribution in [2.45, 2.75) is 143 Å². The van der Waals surface area contributed by atoms with Crippen LogP contribution >= 0.6 is 0 Å². The van der Waals surface area contributed by atoms with Crippen molar-refractivity contribution in [3.05, 3.63) is 89.2 Å². The molecule has 49 heavy (non-hydrogen) atoms. The number of unbranched alkanes of at least 4 members (excludes halogenated alkanes) is 13. The fraction of sp³-hybridized carbons (Fsp3) is 0.558. The van der Waals surface area contributed by atoms with E-state index >= 15 is 0 Å². The number of para-hydroxylation sites is 1. The molecule has 0 spiro atoms. The fourth-order valence-corrected chi connectivity index (χ4v) is 6.34. The van der Waals surface area contributed by atoms with E-state index in [1.54, 1.807) is 24.3 Å². The molecule has 2 amide bonds. The summed E-state index contributed by atoms with van der Waals surface area (Å²) in [4.78, 5) is 29.7. The maximum atomic E-state index is 14.3. The highest BCUT2D eigenvalue weighted by molar-refractivity contribution is 6.11. The van der Waals surface area contributed by atoms with Gasteiger partial charge < -0.3 is 9.47 Å². The number of benzene rings is 2. The van der Waals surface area contributed by atoms with Crippen LogP contribution in [-0.2, 0) is 18.5 Å². The zero-order valence-corrected chi connectivity index (χ0v) is 31.4. The van der Waals surface area contributed by atoms with Gasteiger partial charge in [-0.2, -0.15) is 0 Å². The van der Waals surface area contributed by atoms with Crippen molar-refractivity contribution in [1.29, 1.82) is 0 Å². The van der Waals surface area contributed by atoms with E-state index in [-0.39, 0.29) is 17.9 Å². The van der Waals surface area contributed by atoms with Gasteiger partial charge >= 0.3 is 0 Å². The van der Waals surface area contributed by atoms with Gasteiger partial charge in [0.05, 0.1) is 19.3 Å². The molecule has 0 fully saturated rings. The lowest BCUT2D eigenvalue weighted by molar-refractivity contribution is -0.701. The van der Waals surface area contributed by atoms with Crippen LogP contribution in [0.1, 0.15) is 156 Å². The first-order valence-electron chi connectivity index (χ1n) is 18.9. The van der Waals surface area contributed by atoms with E-state index < -0.39 is 5.91 Å². The van der Waals surface area contributed by atoms with Gasteiger partial charge in [0.15, 0.2) is 6.20 Å². The van der Waals surface area contributed by atoms with Crippen LogP contribution in [0.25, 0.3) is 0 Å². The first-order chi connectivity index (χ1) is 23.7. The van der Waals surface area contributed by atoms with E-state index in [9.17, 15) is 9.59 Å². The Morgan fingerprint density at radius 1 is 0.694 bits per heavy atom. The Hall–Kier alpha value is -3.67. The quantitative estimate of drug-likeness (QED) is 0.0606. The molecule has 0 atom stereocenters. The molecular formula is C43H63N2O4+. The normalized spacial score (nSPS) is 11.4. The number of ether oxygens (including phenoxy) is 2. The van der Waals surface area contributed by atoms with Crippen LogP contribution in [0, 0.1) is 0 Å². The lowest BCUT2D eigenvalue weighted by Crippen LogP contribution is -2.43. The van der Waals surface area contributed by atoms with Crippen molar-refractivity contribution < 1.29 is 23.6 Å². The summed E-state index contributed by atoms with van der Waals surface area (Å²) >= 11 is 0. The van der Waals surface area contributed by atoms with Gasteiger partial charge in [0.1, 0.15) is 24.6 Å². The molecule has 6 nitrogen and oxygen atoms in total. The minimum absolute atomic E-state index is 0.132. The molecule has 268 valence electrons. The van der Waals surface area contributed by atoms with Crippen molar-refractivity contribution in [3.8, 4) is 11.5 Å². The number of amides is 2. The van der Waals surface area contributed by atoms with Crippen LogP contribution in [0.3, 0.4) is 0 Å². The van der Waals surface area contributed by atoms with E-state index in [1.807, 2.05) is 54.1 Å². The number of carbonyl (C=O) groups excluding carboxylic acids is 2. The number of aromatic nitrogens is 1. The van der Waals surface area contributed by atoms with Gasteiger partial charge in [0.2, 0.25) is 5.69 Å². The molecule has 3 rings (SSSR count). The summed E-state index contributed by atoms with van der Waals surface area (Å²) in [5, 5.41) is 0. The number of nitrogens with zero attached hydrogens (tertiary/aromatic N) is 2. The number of aryl methyl sites for hydroxylation is 1. The molecule has 2 aromatic carbocycles. The minimum atomic E-state index is -0.399. The predicted octanol–water partition coefficient (Wildman–Crippen LogP) is 10.6. The third kappa shape index (κ3) is 12.9. The number of hydrogen-bond acceptors (Lipinski definition) is 4. The molecule has 1 aromatic heterocycles. The van der Waals surface area contributed by atoms with E-state index in [1.165, 1.54) is 89.1 Å². The van der Waals surface area contributed by atoms with Crippen LogP contribution in [0.15, 0.2) is 66.9 Å². The van der Waals surface area contributed by atoms with Crippen LogP contribution < -0.4 is 14.0 Å². The molecule has 0 aliphatic heterocycles. The first-order valence-corrected chi connectivity index (χ1v) is 18.9. The lowest BCUT2D eigenvalue weighted by atomic mass is 9.85. The highest BCUT2D eigenvalue weighted by atomic mass is 16.5. The van der Waals surface area contributed by atoms with E-state index in [0.29, 0.717) is 23.5 Å². The fourth-order valence-electron chi connectivity index (χ4n) is 6.34. The van der Waals surface area contributed by atoms with Gasteiger partial charge in [-0.15, -0.1) is 0 Å². The Kier molecular flexibility index (Phi) is 17.4. The van der Waals surface area contributed by atoms with Gasteiger partial charge in [-0.25, -0.2) is 4.57 Å². The molecule has 0 radical (unpaired) electrons. The molecule has 0 saturated heterocycles. The number of rotatable bonds is 22. The van der Waals surface area contributed by atoms with E-state index in [2.05, 4.69) is 27.7 Å². The molecule has 3 aromatic rings. The van der Waals surface area contributed by atoms with Crippen LogP contribution in [-0.4, -0.2) is 30.4 Å². The highest BCUT2D eigenvalue weighted by Gasteiger charge is 2.30. The topological polar surface area (TPSA) is 59.7 Å². The largest absolute Gasteiger partial charge is 0.496 e. The second-order valence-corrected chi connectivity index (χ2v) is 14.3. The highest BCUT2D eigenvalue weighted by Crippen LogP contribution is 2.33. The Labute approximate surface area is 297 Å². The summed E-state index contributed by atoms with van der Waals surface area (Å²) in [7, 11) is 1.54. The second-order valence-electron chi connectivity index (χ2n) is 14.3. The molecular weight excluding hydrogens is 608 g/mol. The zero-order chi connectivity index (χ0) is 35.5. The minimum Gasteiger partial charge on any atom is -0.496 e. The summed E-state index contributed by atoms with van der Waals surface area (Å²) in [5.41, 5.74) is 2.36. The lowest BCUT2D eigenvalue weighted by Gasteiger charge is -2.25. The van der Waals surface area contributed by atoms with Crippen molar-refractivity contribution in [2.24, 2.45) is 0 Å². The van der Waals surface area contributed by atoms with Crippen molar-refractivity contribution in [2.75, 3.05) is 13.7 Å².